The number of aromatic nitrogens is 2. The van der Waals surface area contributed by atoms with Gasteiger partial charge in [0.25, 0.3) is 5.56 Å². The molecule has 5 nitrogen and oxygen atoms in total. The lowest BCUT2D eigenvalue weighted by atomic mass is 10.2. The van der Waals surface area contributed by atoms with Crippen molar-refractivity contribution in [3.05, 3.63) is 55.1 Å². The number of hydrogen-bond acceptors (Lipinski definition) is 3. The van der Waals surface area contributed by atoms with Crippen LogP contribution >= 0.6 is 35.4 Å². The maximum absolute atomic E-state index is 12.3. The van der Waals surface area contributed by atoms with E-state index < -0.39 is 17.9 Å². The van der Waals surface area contributed by atoms with Crippen LogP contribution in [0.4, 0.5) is 0 Å². The summed E-state index contributed by atoms with van der Waals surface area (Å²) >= 11 is 16.8. The molecule has 2 N–H and O–H groups in total. The van der Waals surface area contributed by atoms with E-state index in [0.29, 0.717) is 15.7 Å². The normalized spacial score (nSPS) is 10.5. The van der Waals surface area contributed by atoms with Gasteiger partial charge in [-0.25, -0.2) is 0 Å². The number of nitrogens with zero attached hydrogens (tertiary/aromatic N) is 1. The van der Waals surface area contributed by atoms with E-state index in [1.807, 2.05) is 0 Å². The van der Waals surface area contributed by atoms with Gasteiger partial charge < -0.3 is 10.1 Å². The van der Waals surface area contributed by atoms with E-state index in [2.05, 4.69) is 4.98 Å². The molecule has 0 aliphatic carbocycles. The highest BCUT2D eigenvalue weighted by molar-refractivity contribution is 7.71. The quantitative estimate of drug-likeness (QED) is 0.848. The monoisotopic (exact) mass is 330 g/mol. The molecule has 0 atom stereocenters. The second kappa shape index (κ2) is 5.78. The SMILES string of the molecule is O=C(O)Cc1c[nH]c(=S)n(-c2cc(Cl)cc(Cl)c2)c1=O. The molecule has 2 rings (SSSR count). The van der Waals surface area contributed by atoms with Crippen molar-refractivity contribution in [3.63, 3.8) is 0 Å². The fourth-order valence-corrected chi connectivity index (χ4v) is 2.47. The third-order valence-corrected chi connectivity index (χ3v) is 3.23. The smallest absolute Gasteiger partial charge is 0.308 e. The maximum atomic E-state index is 12.3. The Bertz CT molecular complexity index is 778. The lowest BCUT2D eigenvalue weighted by Crippen LogP contribution is -2.25. The van der Waals surface area contributed by atoms with Gasteiger partial charge in [0, 0.05) is 21.8 Å². The van der Waals surface area contributed by atoms with Crippen LogP contribution in [-0.2, 0) is 11.2 Å². The number of carboxylic acid groups (broad SMARTS) is 1. The molecule has 20 heavy (non-hydrogen) atoms. The predicted molar refractivity (Wildman–Crippen MR) is 78.6 cm³/mol. The van der Waals surface area contributed by atoms with E-state index >= 15 is 0 Å². The van der Waals surface area contributed by atoms with Crippen LogP contribution in [0.15, 0.2) is 29.2 Å². The molecule has 1 aromatic heterocycles. The molecular weight excluding hydrogens is 323 g/mol. The molecule has 0 saturated carbocycles. The molecule has 0 spiro atoms. The number of aromatic amines is 1. The van der Waals surface area contributed by atoms with Gasteiger partial charge in [-0.3, -0.25) is 14.2 Å². The highest BCUT2D eigenvalue weighted by Gasteiger charge is 2.11. The third-order valence-electron chi connectivity index (χ3n) is 2.50. The van der Waals surface area contributed by atoms with Crippen molar-refractivity contribution in [2.75, 3.05) is 0 Å². The Hall–Kier alpha value is -1.63. The Labute approximate surface area is 128 Å². The Balaban J connectivity index is 2.70. The summed E-state index contributed by atoms with van der Waals surface area (Å²) < 4.78 is 1.29. The van der Waals surface area contributed by atoms with Gasteiger partial charge >= 0.3 is 5.97 Å². The number of hydrogen-bond donors (Lipinski definition) is 2. The van der Waals surface area contributed by atoms with Gasteiger partial charge in [0.1, 0.15) is 0 Å². The molecule has 2 aromatic rings. The van der Waals surface area contributed by atoms with Crippen molar-refractivity contribution in [3.8, 4) is 5.69 Å². The van der Waals surface area contributed by atoms with Gasteiger partial charge in [-0.2, -0.15) is 0 Å². The Morgan fingerprint density at radius 2 is 1.90 bits per heavy atom. The van der Waals surface area contributed by atoms with Crippen LogP contribution in [0.3, 0.4) is 0 Å². The number of carbonyl (C=O) groups is 1. The molecule has 0 unspecified atom stereocenters. The molecule has 8 heteroatoms. The average Bonchev–Trinajstić information content (AvgIpc) is 2.31. The predicted octanol–water partition coefficient (Wildman–Crippen LogP) is 2.83. The molecule has 0 amide bonds. The van der Waals surface area contributed by atoms with E-state index in [1.54, 1.807) is 0 Å². The van der Waals surface area contributed by atoms with Crippen LogP contribution in [-0.4, -0.2) is 20.6 Å². The Kier molecular flexibility index (Phi) is 4.27. The Morgan fingerprint density at radius 3 is 2.45 bits per heavy atom. The van der Waals surface area contributed by atoms with E-state index in [0.717, 1.165) is 4.57 Å². The van der Waals surface area contributed by atoms with Crippen molar-refractivity contribution in [2.24, 2.45) is 0 Å². The fourth-order valence-electron chi connectivity index (χ4n) is 1.70. The summed E-state index contributed by atoms with van der Waals surface area (Å²) in [6.45, 7) is 0. The fraction of sp³-hybridized carbons (Fsp3) is 0.0833. The Morgan fingerprint density at radius 1 is 1.30 bits per heavy atom. The molecule has 104 valence electrons. The zero-order chi connectivity index (χ0) is 14.9. The first-order valence-corrected chi connectivity index (χ1v) is 6.57. The number of carboxylic acids is 1. The van der Waals surface area contributed by atoms with Crippen LogP contribution < -0.4 is 5.56 Å². The number of benzene rings is 1. The minimum atomic E-state index is -1.11. The van der Waals surface area contributed by atoms with Gasteiger partial charge in [0.05, 0.1) is 12.1 Å². The zero-order valence-corrected chi connectivity index (χ0v) is 12.2. The molecule has 0 aliphatic rings. The van der Waals surface area contributed by atoms with Crippen LogP contribution in [0.5, 0.6) is 0 Å². The van der Waals surface area contributed by atoms with Gasteiger partial charge in [-0.1, -0.05) is 23.2 Å². The van der Waals surface area contributed by atoms with Crippen LogP contribution in [0.1, 0.15) is 5.56 Å². The van der Waals surface area contributed by atoms with E-state index in [4.69, 9.17) is 40.5 Å². The van der Waals surface area contributed by atoms with Gasteiger partial charge in [0.15, 0.2) is 4.77 Å². The van der Waals surface area contributed by atoms with Crippen LogP contribution in [0.25, 0.3) is 5.69 Å². The lowest BCUT2D eigenvalue weighted by molar-refractivity contribution is -0.136. The number of H-pyrrole nitrogens is 1. The third kappa shape index (κ3) is 3.09. The largest absolute Gasteiger partial charge is 0.481 e. The molecular formula is C12H8Cl2N2O3S. The average molecular weight is 331 g/mol. The van der Waals surface area contributed by atoms with Crippen molar-refractivity contribution in [2.45, 2.75) is 6.42 Å². The minimum Gasteiger partial charge on any atom is -0.481 e. The van der Waals surface area contributed by atoms with E-state index in [9.17, 15) is 9.59 Å². The van der Waals surface area contributed by atoms with E-state index in [-0.39, 0.29) is 10.3 Å². The first kappa shape index (κ1) is 14.8. The first-order valence-electron chi connectivity index (χ1n) is 5.40. The molecule has 0 fully saturated rings. The molecule has 1 heterocycles. The summed E-state index contributed by atoms with van der Waals surface area (Å²) in [5.41, 5.74) is -0.0577. The lowest BCUT2D eigenvalue weighted by Gasteiger charge is -2.08. The summed E-state index contributed by atoms with van der Waals surface area (Å²) in [5.74, 6) is -1.11. The summed E-state index contributed by atoms with van der Waals surface area (Å²) in [4.78, 5) is 25.7. The van der Waals surface area contributed by atoms with Gasteiger partial charge in [0.2, 0.25) is 0 Å². The topological polar surface area (TPSA) is 75.1 Å². The standard InChI is InChI=1S/C12H8Cl2N2O3S/c13-7-2-8(14)4-9(3-7)16-11(19)6(1-10(17)18)5-15-12(16)20/h2-5H,1H2,(H,15,20)(H,17,18). The number of halogens is 2. The van der Waals surface area contributed by atoms with Gasteiger partial charge in [-0.05, 0) is 30.4 Å². The number of nitrogens with one attached hydrogen (secondary N) is 1. The van der Waals surface area contributed by atoms with E-state index in [1.165, 1.54) is 24.4 Å². The zero-order valence-electron chi connectivity index (χ0n) is 9.89. The molecule has 0 bridgehead atoms. The second-order valence-electron chi connectivity index (χ2n) is 3.96. The molecule has 0 radical (unpaired) electrons. The minimum absolute atomic E-state index is 0.0854. The number of aliphatic carboxylic acids is 1. The first-order chi connectivity index (χ1) is 9.38. The maximum Gasteiger partial charge on any atom is 0.308 e. The summed E-state index contributed by atoms with van der Waals surface area (Å²) in [5, 5.41) is 9.47. The van der Waals surface area contributed by atoms with Crippen LogP contribution in [0, 0.1) is 4.77 Å². The second-order valence-corrected chi connectivity index (χ2v) is 5.22. The molecule has 0 aliphatic heterocycles. The van der Waals surface area contributed by atoms with Crippen molar-refractivity contribution >= 4 is 41.4 Å². The summed E-state index contributed by atoms with van der Waals surface area (Å²) in [7, 11) is 0. The van der Waals surface area contributed by atoms with Crippen molar-refractivity contribution < 1.29 is 9.90 Å². The van der Waals surface area contributed by atoms with Crippen molar-refractivity contribution in [1.82, 2.24) is 9.55 Å². The summed E-state index contributed by atoms with van der Waals surface area (Å²) in [6.07, 6.45) is 0.890. The molecule has 1 aromatic carbocycles. The summed E-state index contributed by atoms with van der Waals surface area (Å²) in [6, 6.07) is 4.55. The number of rotatable bonds is 3. The van der Waals surface area contributed by atoms with Crippen LogP contribution in [0.2, 0.25) is 10.0 Å². The highest BCUT2D eigenvalue weighted by Crippen LogP contribution is 2.21. The van der Waals surface area contributed by atoms with Gasteiger partial charge in [-0.15, -0.1) is 0 Å². The highest BCUT2D eigenvalue weighted by atomic mass is 35.5. The molecule has 0 saturated heterocycles. The van der Waals surface area contributed by atoms with Crippen molar-refractivity contribution in [1.29, 1.82) is 0 Å².